The Morgan fingerprint density at radius 3 is 2.50 bits per heavy atom. The maximum Gasteiger partial charge on any atom is 0.197 e. The largest absolute Gasteiger partial charge is 0.462 e. The monoisotopic (exact) mass is 340 g/mol. The summed E-state index contributed by atoms with van der Waals surface area (Å²) in [7, 11) is 0. The van der Waals surface area contributed by atoms with E-state index in [1.54, 1.807) is 12.1 Å². The van der Waals surface area contributed by atoms with Crippen LogP contribution in [0.1, 0.15) is 12.5 Å². The van der Waals surface area contributed by atoms with E-state index >= 15 is 0 Å². The van der Waals surface area contributed by atoms with Gasteiger partial charge in [-0.15, -0.1) is 0 Å². The molecule has 1 aliphatic rings. The summed E-state index contributed by atoms with van der Waals surface area (Å²) >= 11 is 12.1. The van der Waals surface area contributed by atoms with Gasteiger partial charge in [-0.1, -0.05) is 30.1 Å². The Hall–Kier alpha value is -1.07. The van der Waals surface area contributed by atoms with E-state index in [4.69, 9.17) is 27.6 Å². The summed E-state index contributed by atoms with van der Waals surface area (Å²) in [6.07, 6.45) is 1.52. The van der Waals surface area contributed by atoms with Gasteiger partial charge in [0.2, 0.25) is 0 Å². The normalized spacial score (nSPS) is 17.2. The van der Waals surface area contributed by atoms with Crippen LogP contribution in [-0.4, -0.2) is 42.5 Å². The van der Waals surface area contributed by atoms with E-state index in [0.717, 1.165) is 32.7 Å². The minimum absolute atomic E-state index is 0.0522. The van der Waals surface area contributed by atoms with Crippen molar-refractivity contribution in [2.75, 3.05) is 32.7 Å². The Morgan fingerprint density at radius 2 is 1.82 bits per heavy atom. The van der Waals surface area contributed by atoms with E-state index in [-0.39, 0.29) is 5.43 Å². The molecule has 0 N–H and O–H groups in total. The molecule has 0 spiro atoms. The molecule has 4 nitrogen and oxygen atoms in total. The Bertz CT molecular complexity index is 737. The number of hydrogen-bond donors (Lipinski definition) is 0. The summed E-state index contributed by atoms with van der Waals surface area (Å²) in [6, 6.07) is 3.20. The first-order valence-corrected chi connectivity index (χ1v) is 8.18. The molecule has 0 amide bonds. The summed E-state index contributed by atoms with van der Waals surface area (Å²) in [6.45, 7) is 7.83. The number of rotatable bonds is 3. The molecule has 6 heteroatoms. The molecule has 118 valence electrons. The molecule has 0 saturated carbocycles. The van der Waals surface area contributed by atoms with E-state index < -0.39 is 0 Å². The quantitative estimate of drug-likeness (QED) is 0.859. The van der Waals surface area contributed by atoms with Crippen LogP contribution >= 0.6 is 23.2 Å². The molecular formula is C16H18Cl2N2O2. The van der Waals surface area contributed by atoms with Crippen LogP contribution in [-0.2, 0) is 6.54 Å². The maximum absolute atomic E-state index is 12.6. The first kappa shape index (κ1) is 15.8. The second-order valence-electron chi connectivity index (χ2n) is 5.56. The molecule has 1 aliphatic heterocycles. The molecule has 1 aromatic heterocycles. The predicted molar refractivity (Wildman–Crippen MR) is 89.9 cm³/mol. The Morgan fingerprint density at radius 1 is 1.14 bits per heavy atom. The van der Waals surface area contributed by atoms with Crippen LogP contribution in [0.4, 0.5) is 0 Å². The molecule has 3 rings (SSSR count). The van der Waals surface area contributed by atoms with Crippen molar-refractivity contribution in [3.05, 3.63) is 44.2 Å². The molecule has 0 bridgehead atoms. The smallest absolute Gasteiger partial charge is 0.197 e. The van der Waals surface area contributed by atoms with Gasteiger partial charge < -0.3 is 9.32 Å². The number of nitrogens with zero attached hydrogens (tertiary/aromatic N) is 2. The van der Waals surface area contributed by atoms with Gasteiger partial charge in [-0.25, -0.2) is 0 Å². The molecule has 1 saturated heterocycles. The van der Waals surface area contributed by atoms with Gasteiger partial charge in [0.25, 0.3) is 0 Å². The third kappa shape index (κ3) is 3.15. The average molecular weight is 341 g/mol. The summed E-state index contributed by atoms with van der Waals surface area (Å²) in [5.74, 6) is 0. The van der Waals surface area contributed by atoms with Gasteiger partial charge >= 0.3 is 0 Å². The SMILES string of the molecule is CCN1CCN(Cc2coc3c(Cl)cc(Cl)cc3c2=O)CC1. The molecule has 1 fully saturated rings. The Labute approximate surface area is 139 Å². The van der Waals surface area contributed by atoms with Crippen molar-refractivity contribution in [1.29, 1.82) is 0 Å². The first-order valence-electron chi connectivity index (χ1n) is 7.42. The summed E-state index contributed by atoms with van der Waals surface area (Å²) in [4.78, 5) is 17.3. The van der Waals surface area contributed by atoms with E-state index in [9.17, 15) is 4.79 Å². The van der Waals surface area contributed by atoms with Crippen LogP contribution in [0.5, 0.6) is 0 Å². The number of piperazine rings is 1. The third-order valence-electron chi connectivity index (χ3n) is 4.17. The molecular weight excluding hydrogens is 323 g/mol. The Kier molecular flexibility index (Phi) is 4.73. The molecule has 1 aromatic carbocycles. The van der Waals surface area contributed by atoms with Gasteiger partial charge in [-0.05, 0) is 18.7 Å². The van der Waals surface area contributed by atoms with Gasteiger partial charge in [0, 0.05) is 43.3 Å². The lowest BCUT2D eigenvalue weighted by atomic mass is 10.1. The second kappa shape index (κ2) is 6.59. The first-order chi connectivity index (χ1) is 10.6. The topological polar surface area (TPSA) is 36.7 Å². The highest BCUT2D eigenvalue weighted by molar-refractivity contribution is 6.38. The number of likely N-dealkylation sites (N-methyl/N-ethyl adjacent to an activating group) is 1. The van der Waals surface area contributed by atoms with Crippen molar-refractivity contribution in [1.82, 2.24) is 9.80 Å². The number of halogens is 2. The lowest BCUT2D eigenvalue weighted by Gasteiger charge is -2.33. The van der Waals surface area contributed by atoms with Crippen molar-refractivity contribution in [3.63, 3.8) is 0 Å². The van der Waals surface area contributed by atoms with Gasteiger partial charge in [-0.3, -0.25) is 9.69 Å². The summed E-state index contributed by atoms with van der Waals surface area (Å²) in [5.41, 5.74) is 0.995. The van der Waals surface area contributed by atoms with Gasteiger partial charge in [0.15, 0.2) is 11.0 Å². The van der Waals surface area contributed by atoms with Crippen LogP contribution in [0.3, 0.4) is 0 Å². The lowest BCUT2D eigenvalue weighted by molar-refractivity contribution is 0.131. The minimum Gasteiger partial charge on any atom is -0.462 e. The van der Waals surface area contributed by atoms with Crippen LogP contribution in [0.15, 0.2) is 27.6 Å². The highest BCUT2D eigenvalue weighted by atomic mass is 35.5. The minimum atomic E-state index is -0.0522. The zero-order chi connectivity index (χ0) is 15.7. The van der Waals surface area contributed by atoms with Gasteiger partial charge in [0.1, 0.15) is 0 Å². The fourth-order valence-electron chi connectivity index (χ4n) is 2.82. The molecule has 0 unspecified atom stereocenters. The maximum atomic E-state index is 12.6. The van der Waals surface area contributed by atoms with Gasteiger partial charge in [0.05, 0.1) is 16.7 Å². The van der Waals surface area contributed by atoms with Crippen molar-refractivity contribution in [2.24, 2.45) is 0 Å². The van der Waals surface area contributed by atoms with Crippen LogP contribution < -0.4 is 5.43 Å². The highest BCUT2D eigenvalue weighted by Gasteiger charge is 2.18. The molecule has 0 aliphatic carbocycles. The fourth-order valence-corrected chi connectivity index (χ4v) is 3.36. The molecule has 0 radical (unpaired) electrons. The molecule has 22 heavy (non-hydrogen) atoms. The lowest BCUT2D eigenvalue weighted by Crippen LogP contribution is -2.46. The van der Waals surface area contributed by atoms with E-state index in [2.05, 4.69) is 16.7 Å². The van der Waals surface area contributed by atoms with Crippen molar-refractivity contribution in [3.8, 4) is 0 Å². The number of benzene rings is 1. The second-order valence-corrected chi connectivity index (χ2v) is 6.41. The van der Waals surface area contributed by atoms with Crippen LogP contribution in [0.25, 0.3) is 11.0 Å². The Balaban J connectivity index is 1.86. The zero-order valence-corrected chi connectivity index (χ0v) is 14.0. The van der Waals surface area contributed by atoms with Crippen molar-refractivity contribution < 1.29 is 4.42 Å². The number of fused-ring (bicyclic) bond motifs is 1. The zero-order valence-electron chi connectivity index (χ0n) is 12.4. The van der Waals surface area contributed by atoms with Crippen molar-refractivity contribution >= 4 is 34.2 Å². The van der Waals surface area contributed by atoms with Gasteiger partial charge in [-0.2, -0.15) is 0 Å². The van der Waals surface area contributed by atoms with E-state index in [1.807, 2.05) is 0 Å². The third-order valence-corrected chi connectivity index (χ3v) is 4.67. The summed E-state index contributed by atoms with van der Waals surface area (Å²) < 4.78 is 5.57. The highest BCUT2D eigenvalue weighted by Crippen LogP contribution is 2.26. The molecule has 0 atom stereocenters. The van der Waals surface area contributed by atoms with Crippen LogP contribution in [0, 0.1) is 0 Å². The molecule has 2 aromatic rings. The standard InChI is InChI=1S/C16H18Cl2N2O2/c1-2-19-3-5-20(6-4-19)9-11-10-22-16-13(15(11)21)7-12(17)8-14(16)18/h7-8,10H,2-6,9H2,1H3. The van der Waals surface area contributed by atoms with E-state index in [1.165, 1.54) is 6.26 Å². The fraction of sp³-hybridized carbons (Fsp3) is 0.438. The summed E-state index contributed by atoms with van der Waals surface area (Å²) in [5, 5.41) is 1.25. The average Bonchev–Trinajstić information content (AvgIpc) is 2.51. The predicted octanol–water partition coefficient (Wildman–Crippen LogP) is 3.24. The molecule has 2 heterocycles. The number of hydrogen-bond acceptors (Lipinski definition) is 4. The van der Waals surface area contributed by atoms with Crippen molar-refractivity contribution in [2.45, 2.75) is 13.5 Å². The van der Waals surface area contributed by atoms with Crippen LogP contribution in [0.2, 0.25) is 10.0 Å². The van der Waals surface area contributed by atoms with E-state index in [0.29, 0.717) is 33.1 Å².